The minimum absolute atomic E-state index is 0.122. The molecule has 2 rings (SSSR count). The molecule has 8 heteroatoms. The van der Waals surface area contributed by atoms with Gasteiger partial charge in [-0.15, -0.1) is 0 Å². The van der Waals surface area contributed by atoms with Gasteiger partial charge in [-0.1, -0.05) is 0 Å². The zero-order valence-corrected chi connectivity index (χ0v) is 11.4. The maximum absolute atomic E-state index is 12.1. The Bertz CT molecular complexity index is 671. The van der Waals surface area contributed by atoms with E-state index in [-0.39, 0.29) is 11.3 Å². The molecule has 2 aromatic rings. The number of hydrogen-bond acceptors (Lipinski definition) is 4. The zero-order valence-electron chi connectivity index (χ0n) is 11.4. The Balaban J connectivity index is 2.28. The van der Waals surface area contributed by atoms with E-state index in [0.717, 1.165) is 5.69 Å². The fourth-order valence-corrected chi connectivity index (χ4v) is 1.88. The van der Waals surface area contributed by atoms with E-state index < -0.39 is 11.9 Å². The van der Waals surface area contributed by atoms with Crippen molar-refractivity contribution in [2.75, 3.05) is 5.32 Å². The summed E-state index contributed by atoms with van der Waals surface area (Å²) in [7, 11) is 1.56. The summed E-state index contributed by atoms with van der Waals surface area (Å²) >= 11 is 0. The van der Waals surface area contributed by atoms with Crippen molar-refractivity contribution < 1.29 is 14.7 Å². The van der Waals surface area contributed by atoms with Crippen molar-refractivity contribution in [3.05, 3.63) is 29.3 Å². The SMILES string of the molecule is CCn1ncc(NC(=O)c2nn(C)cc2C(=O)O)c1C. The summed E-state index contributed by atoms with van der Waals surface area (Å²) in [6, 6.07) is 0. The number of aromatic nitrogens is 4. The van der Waals surface area contributed by atoms with Crippen molar-refractivity contribution in [3.63, 3.8) is 0 Å². The van der Waals surface area contributed by atoms with Gasteiger partial charge < -0.3 is 10.4 Å². The fourth-order valence-electron chi connectivity index (χ4n) is 1.88. The smallest absolute Gasteiger partial charge is 0.339 e. The van der Waals surface area contributed by atoms with Gasteiger partial charge in [-0.3, -0.25) is 14.2 Å². The average Bonchev–Trinajstić information content (AvgIpc) is 2.94. The molecule has 0 saturated heterocycles. The molecule has 0 fully saturated rings. The van der Waals surface area contributed by atoms with Gasteiger partial charge in [-0.2, -0.15) is 10.2 Å². The Morgan fingerprint density at radius 3 is 2.70 bits per heavy atom. The molecule has 0 spiro atoms. The number of carbonyl (C=O) groups is 2. The van der Waals surface area contributed by atoms with Crippen LogP contribution in [0.25, 0.3) is 0 Å². The third-order valence-corrected chi connectivity index (χ3v) is 2.93. The Labute approximate surface area is 115 Å². The van der Waals surface area contributed by atoms with E-state index in [0.29, 0.717) is 12.2 Å². The molecule has 0 aromatic carbocycles. The van der Waals surface area contributed by atoms with Crippen LogP contribution in [-0.2, 0) is 13.6 Å². The van der Waals surface area contributed by atoms with Crippen LogP contribution in [0.1, 0.15) is 33.5 Å². The first-order valence-electron chi connectivity index (χ1n) is 6.04. The third kappa shape index (κ3) is 2.40. The molecular formula is C12H15N5O3. The first-order chi connectivity index (χ1) is 9.43. The number of nitrogens with one attached hydrogen (secondary N) is 1. The number of anilines is 1. The number of aryl methyl sites for hydroxylation is 2. The number of aromatic carboxylic acids is 1. The van der Waals surface area contributed by atoms with E-state index in [4.69, 9.17) is 5.11 Å². The monoisotopic (exact) mass is 277 g/mol. The zero-order chi connectivity index (χ0) is 14.9. The lowest BCUT2D eigenvalue weighted by Crippen LogP contribution is -2.16. The second-order valence-electron chi connectivity index (χ2n) is 4.28. The molecule has 106 valence electrons. The molecule has 1 amide bonds. The average molecular weight is 277 g/mol. The summed E-state index contributed by atoms with van der Waals surface area (Å²) < 4.78 is 3.02. The van der Waals surface area contributed by atoms with E-state index in [9.17, 15) is 9.59 Å². The van der Waals surface area contributed by atoms with Crippen LogP contribution < -0.4 is 5.32 Å². The summed E-state index contributed by atoms with van der Waals surface area (Å²) in [6.07, 6.45) is 2.82. The predicted molar refractivity (Wildman–Crippen MR) is 70.8 cm³/mol. The second kappa shape index (κ2) is 5.16. The van der Waals surface area contributed by atoms with Crippen LogP contribution in [0.3, 0.4) is 0 Å². The Kier molecular flexibility index (Phi) is 3.55. The van der Waals surface area contributed by atoms with Gasteiger partial charge in [0.2, 0.25) is 0 Å². The van der Waals surface area contributed by atoms with Crippen LogP contribution in [0, 0.1) is 6.92 Å². The van der Waals surface area contributed by atoms with Crippen LogP contribution in [0.5, 0.6) is 0 Å². The summed E-state index contributed by atoms with van der Waals surface area (Å²) in [6.45, 7) is 4.45. The quantitative estimate of drug-likeness (QED) is 0.864. The molecule has 8 nitrogen and oxygen atoms in total. The molecule has 0 aliphatic carbocycles. The largest absolute Gasteiger partial charge is 0.478 e. The van der Waals surface area contributed by atoms with Crippen LogP contribution in [-0.4, -0.2) is 36.5 Å². The highest BCUT2D eigenvalue weighted by atomic mass is 16.4. The van der Waals surface area contributed by atoms with Gasteiger partial charge in [0.15, 0.2) is 5.69 Å². The lowest BCUT2D eigenvalue weighted by atomic mass is 10.2. The van der Waals surface area contributed by atoms with Crippen molar-refractivity contribution in [1.82, 2.24) is 19.6 Å². The van der Waals surface area contributed by atoms with Crippen LogP contribution >= 0.6 is 0 Å². The molecule has 0 radical (unpaired) electrons. The molecule has 0 bridgehead atoms. The first kappa shape index (κ1) is 13.8. The minimum Gasteiger partial charge on any atom is -0.478 e. The molecule has 0 aliphatic heterocycles. The minimum atomic E-state index is -1.19. The van der Waals surface area contributed by atoms with E-state index in [1.165, 1.54) is 17.1 Å². The molecule has 0 atom stereocenters. The predicted octanol–water partition coefficient (Wildman–Crippen LogP) is 0.895. The Hall–Kier alpha value is -2.64. The summed E-state index contributed by atoms with van der Waals surface area (Å²) in [5.41, 5.74) is 1.08. The molecule has 0 aliphatic rings. The van der Waals surface area contributed by atoms with Crippen molar-refractivity contribution in [1.29, 1.82) is 0 Å². The second-order valence-corrected chi connectivity index (χ2v) is 4.28. The lowest BCUT2D eigenvalue weighted by molar-refractivity contribution is 0.0692. The fraction of sp³-hybridized carbons (Fsp3) is 0.333. The Morgan fingerprint density at radius 1 is 1.45 bits per heavy atom. The molecule has 0 unspecified atom stereocenters. The Morgan fingerprint density at radius 2 is 2.15 bits per heavy atom. The number of amides is 1. The van der Waals surface area contributed by atoms with Gasteiger partial charge in [0.1, 0.15) is 5.56 Å². The van der Waals surface area contributed by atoms with Gasteiger partial charge in [-0.25, -0.2) is 4.79 Å². The van der Waals surface area contributed by atoms with Crippen molar-refractivity contribution in [3.8, 4) is 0 Å². The summed E-state index contributed by atoms with van der Waals surface area (Å²) in [5, 5.41) is 19.7. The van der Waals surface area contributed by atoms with E-state index in [2.05, 4.69) is 15.5 Å². The summed E-state index contributed by atoms with van der Waals surface area (Å²) in [4.78, 5) is 23.2. The highest BCUT2D eigenvalue weighted by molar-refractivity contribution is 6.09. The molecular weight excluding hydrogens is 262 g/mol. The number of carboxylic acid groups (broad SMARTS) is 1. The van der Waals surface area contributed by atoms with Crippen molar-refractivity contribution in [2.24, 2.45) is 7.05 Å². The number of hydrogen-bond donors (Lipinski definition) is 2. The maximum Gasteiger partial charge on any atom is 0.339 e. The van der Waals surface area contributed by atoms with E-state index in [1.54, 1.807) is 11.7 Å². The van der Waals surface area contributed by atoms with Crippen LogP contribution in [0.4, 0.5) is 5.69 Å². The van der Waals surface area contributed by atoms with Gasteiger partial charge in [0.05, 0.1) is 17.6 Å². The van der Waals surface area contributed by atoms with Gasteiger partial charge in [-0.05, 0) is 13.8 Å². The summed E-state index contributed by atoms with van der Waals surface area (Å²) in [5.74, 6) is -1.76. The highest BCUT2D eigenvalue weighted by Crippen LogP contribution is 2.15. The van der Waals surface area contributed by atoms with Crippen molar-refractivity contribution >= 4 is 17.6 Å². The normalized spacial score (nSPS) is 10.6. The van der Waals surface area contributed by atoms with Gasteiger partial charge in [0, 0.05) is 19.8 Å². The van der Waals surface area contributed by atoms with Crippen LogP contribution in [0.15, 0.2) is 12.4 Å². The van der Waals surface area contributed by atoms with Crippen LogP contribution in [0.2, 0.25) is 0 Å². The standard InChI is InChI=1S/C12H15N5O3/c1-4-17-7(2)9(5-13-17)14-11(18)10-8(12(19)20)6-16(3)15-10/h5-6H,4H2,1-3H3,(H,14,18)(H,19,20). The number of carbonyl (C=O) groups excluding carboxylic acids is 1. The van der Waals surface area contributed by atoms with Gasteiger partial charge in [0.25, 0.3) is 5.91 Å². The third-order valence-electron chi connectivity index (χ3n) is 2.93. The molecule has 2 heterocycles. The highest BCUT2D eigenvalue weighted by Gasteiger charge is 2.22. The lowest BCUT2D eigenvalue weighted by Gasteiger charge is -2.04. The maximum atomic E-state index is 12.1. The molecule has 0 saturated carbocycles. The molecule has 2 N–H and O–H groups in total. The van der Waals surface area contributed by atoms with Gasteiger partial charge >= 0.3 is 5.97 Å². The molecule has 20 heavy (non-hydrogen) atoms. The van der Waals surface area contributed by atoms with E-state index >= 15 is 0 Å². The number of rotatable bonds is 4. The number of nitrogens with zero attached hydrogens (tertiary/aromatic N) is 4. The van der Waals surface area contributed by atoms with Crippen molar-refractivity contribution in [2.45, 2.75) is 20.4 Å². The first-order valence-corrected chi connectivity index (χ1v) is 6.04. The molecule has 2 aromatic heterocycles. The number of carboxylic acids is 1. The topological polar surface area (TPSA) is 102 Å². The van der Waals surface area contributed by atoms with E-state index in [1.807, 2.05) is 13.8 Å².